The SMILES string of the molecule is Cc1[nH]nc(N)c1C(=O)N1CCN(C)C(C)C1. The number of aromatic amines is 1. The summed E-state index contributed by atoms with van der Waals surface area (Å²) in [7, 11) is 2.07. The number of nitrogen functional groups attached to an aromatic ring is 1. The van der Waals surface area contributed by atoms with Crippen molar-refractivity contribution in [2.45, 2.75) is 19.9 Å². The van der Waals surface area contributed by atoms with Crippen molar-refractivity contribution in [3.05, 3.63) is 11.3 Å². The van der Waals surface area contributed by atoms with Gasteiger partial charge in [0.1, 0.15) is 5.56 Å². The molecule has 0 aromatic carbocycles. The molecule has 1 atom stereocenters. The van der Waals surface area contributed by atoms with Gasteiger partial charge in [0.05, 0.1) is 0 Å². The highest BCUT2D eigenvalue weighted by Gasteiger charge is 2.28. The number of nitrogens with zero attached hydrogens (tertiary/aromatic N) is 3. The minimum atomic E-state index is -0.0197. The molecule has 2 heterocycles. The van der Waals surface area contributed by atoms with Crippen LogP contribution in [0.5, 0.6) is 0 Å². The molecule has 1 aromatic rings. The molecule has 1 saturated heterocycles. The number of aromatic nitrogens is 2. The number of carbonyl (C=O) groups is 1. The number of hydrogen-bond acceptors (Lipinski definition) is 4. The predicted molar refractivity (Wildman–Crippen MR) is 65.7 cm³/mol. The number of nitrogens with two attached hydrogens (primary N) is 1. The molecule has 1 aliphatic rings. The molecule has 0 spiro atoms. The molecule has 0 saturated carbocycles. The van der Waals surface area contributed by atoms with E-state index in [0.717, 1.165) is 25.3 Å². The Hall–Kier alpha value is -1.56. The number of nitrogens with one attached hydrogen (secondary N) is 1. The first kappa shape index (κ1) is 11.9. The Bertz CT molecular complexity index is 408. The van der Waals surface area contributed by atoms with Gasteiger partial charge in [-0.15, -0.1) is 0 Å². The lowest BCUT2D eigenvalue weighted by atomic mass is 10.1. The highest BCUT2D eigenvalue weighted by Crippen LogP contribution is 2.17. The minimum absolute atomic E-state index is 0.0197. The van der Waals surface area contributed by atoms with Gasteiger partial charge in [-0.3, -0.25) is 9.89 Å². The number of piperazine rings is 1. The molecule has 6 heteroatoms. The third kappa shape index (κ3) is 2.12. The van der Waals surface area contributed by atoms with E-state index in [0.29, 0.717) is 17.4 Å². The highest BCUT2D eigenvalue weighted by atomic mass is 16.2. The van der Waals surface area contributed by atoms with Gasteiger partial charge in [0.2, 0.25) is 0 Å². The number of anilines is 1. The van der Waals surface area contributed by atoms with E-state index in [4.69, 9.17) is 5.73 Å². The average Bonchev–Trinajstić information content (AvgIpc) is 2.62. The van der Waals surface area contributed by atoms with Crippen molar-refractivity contribution >= 4 is 11.7 Å². The lowest BCUT2D eigenvalue weighted by Crippen LogP contribution is -2.52. The summed E-state index contributed by atoms with van der Waals surface area (Å²) in [6.45, 7) is 6.30. The van der Waals surface area contributed by atoms with Gasteiger partial charge >= 0.3 is 0 Å². The van der Waals surface area contributed by atoms with E-state index in [-0.39, 0.29) is 5.91 Å². The number of H-pyrrole nitrogens is 1. The van der Waals surface area contributed by atoms with E-state index >= 15 is 0 Å². The second-order valence-corrected chi connectivity index (χ2v) is 4.69. The van der Waals surface area contributed by atoms with Crippen molar-refractivity contribution in [1.82, 2.24) is 20.0 Å². The van der Waals surface area contributed by atoms with Crippen molar-refractivity contribution < 1.29 is 4.79 Å². The van der Waals surface area contributed by atoms with Gasteiger partial charge < -0.3 is 15.5 Å². The van der Waals surface area contributed by atoms with Crippen LogP contribution in [0, 0.1) is 6.92 Å². The third-order valence-electron chi connectivity index (χ3n) is 3.44. The number of aryl methyl sites for hydroxylation is 1. The number of carbonyl (C=O) groups excluding carboxylic acids is 1. The van der Waals surface area contributed by atoms with Crippen molar-refractivity contribution in [1.29, 1.82) is 0 Å². The molecule has 0 radical (unpaired) electrons. The van der Waals surface area contributed by atoms with Crippen molar-refractivity contribution in [2.24, 2.45) is 0 Å². The first-order chi connectivity index (χ1) is 8.00. The fraction of sp³-hybridized carbons (Fsp3) is 0.636. The Morgan fingerprint density at radius 1 is 1.53 bits per heavy atom. The van der Waals surface area contributed by atoms with Gasteiger partial charge in [0, 0.05) is 31.4 Å². The average molecular weight is 237 g/mol. The van der Waals surface area contributed by atoms with Crippen LogP contribution < -0.4 is 5.73 Å². The molecule has 1 amide bonds. The summed E-state index contributed by atoms with van der Waals surface area (Å²) in [5, 5.41) is 6.60. The maximum absolute atomic E-state index is 12.3. The Morgan fingerprint density at radius 3 is 2.76 bits per heavy atom. The van der Waals surface area contributed by atoms with E-state index in [1.54, 1.807) is 0 Å². The van der Waals surface area contributed by atoms with Gasteiger partial charge in [-0.05, 0) is 20.9 Å². The lowest BCUT2D eigenvalue weighted by Gasteiger charge is -2.37. The van der Waals surface area contributed by atoms with Crippen molar-refractivity contribution in [3.8, 4) is 0 Å². The Kier molecular flexibility index (Phi) is 3.06. The molecule has 0 aliphatic carbocycles. The zero-order chi connectivity index (χ0) is 12.6. The van der Waals surface area contributed by atoms with Gasteiger partial charge in [0.25, 0.3) is 5.91 Å². The van der Waals surface area contributed by atoms with Gasteiger partial charge in [0.15, 0.2) is 5.82 Å². The van der Waals surface area contributed by atoms with E-state index in [2.05, 4.69) is 29.1 Å². The molecule has 94 valence electrons. The van der Waals surface area contributed by atoms with E-state index in [1.165, 1.54) is 0 Å². The van der Waals surface area contributed by atoms with Crippen LogP contribution >= 0.6 is 0 Å². The molecule has 3 N–H and O–H groups in total. The Labute approximate surface area is 101 Å². The van der Waals surface area contributed by atoms with Crippen LogP contribution in [0.2, 0.25) is 0 Å². The van der Waals surface area contributed by atoms with Crippen LogP contribution in [-0.4, -0.2) is 58.6 Å². The second kappa shape index (κ2) is 4.37. The fourth-order valence-electron chi connectivity index (χ4n) is 2.11. The largest absolute Gasteiger partial charge is 0.382 e. The van der Waals surface area contributed by atoms with Crippen LogP contribution in [-0.2, 0) is 0 Å². The summed E-state index contributed by atoms with van der Waals surface area (Å²) < 4.78 is 0. The minimum Gasteiger partial charge on any atom is -0.382 e. The molecule has 2 rings (SSSR count). The van der Waals surface area contributed by atoms with Crippen LogP contribution in [0.15, 0.2) is 0 Å². The van der Waals surface area contributed by atoms with E-state index < -0.39 is 0 Å². The molecular formula is C11H19N5O. The topological polar surface area (TPSA) is 78.2 Å². The number of rotatable bonds is 1. The standard InChI is InChI=1S/C11H19N5O/c1-7-6-16(5-4-15(7)3)11(17)9-8(2)13-14-10(9)12/h7H,4-6H2,1-3H3,(H3,12,13,14). The third-order valence-corrected chi connectivity index (χ3v) is 3.44. The molecule has 1 unspecified atom stereocenters. The van der Waals surface area contributed by atoms with Gasteiger partial charge in [-0.2, -0.15) is 5.10 Å². The van der Waals surface area contributed by atoms with Gasteiger partial charge in [-0.25, -0.2) is 0 Å². The zero-order valence-electron chi connectivity index (χ0n) is 10.5. The maximum atomic E-state index is 12.3. The Balaban J connectivity index is 2.16. The first-order valence-corrected chi connectivity index (χ1v) is 5.80. The lowest BCUT2D eigenvalue weighted by molar-refractivity contribution is 0.0573. The number of likely N-dealkylation sites (N-methyl/N-ethyl adjacent to an activating group) is 1. The first-order valence-electron chi connectivity index (χ1n) is 5.80. The summed E-state index contributed by atoms with van der Waals surface area (Å²) in [5.41, 5.74) is 6.96. The van der Waals surface area contributed by atoms with Crippen LogP contribution in [0.3, 0.4) is 0 Å². The molecule has 6 nitrogen and oxygen atoms in total. The monoisotopic (exact) mass is 237 g/mol. The second-order valence-electron chi connectivity index (χ2n) is 4.69. The van der Waals surface area contributed by atoms with Crippen molar-refractivity contribution in [3.63, 3.8) is 0 Å². The van der Waals surface area contributed by atoms with Crippen molar-refractivity contribution in [2.75, 3.05) is 32.4 Å². The summed E-state index contributed by atoms with van der Waals surface area (Å²) >= 11 is 0. The predicted octanol–water partition coefficient (Wildman–Crippen LogP) is 0.0764. The fourth-order valence-corrected chi connectivity index (χ4v) is 2.11. The maximum Gasteiger partial charge on any atom is 0.259 e. The molecule has 17 heavy (non-hydrogen) atoms. The Morgan fingerprint density at radius 2 is 2.24 bits per heavy atom. The number of amides is 1. The normalized spacial score (nSPS) is 21.8. The summed E-state index contributed by atoms with van der Waals surface area (Å²) in [6.07, 6.45) is 0. The molecule has 1 aromatic heterocycles. The summed E-state index contributed by atoms with van der Waals surface area (Å²) in [5.74, 6) is 0.271. The quantitative estimate of drug-likeness (QED) is 0.725. The number of hydrogen-bond donors (Lipinski definition) is 2. The molecule has 0 bridgehead atoms. The molecular weight excluding hydrogens is 218 g/mol. The smallest absolute Gasteiger partial charge is 0.259 e. The van der Waals surface area contributed by atoms with Crippen LogP contribution in [0.25, 0.3) is 0 Å². The van der Waals surface area contributed by atoms with E-state index in [1.807, 2.05) is 11.8 Å². The summed E-state index contributed by atoms with van der Waals surface area (Å²) in [6, 6.07) is 0.376. The zero-order valence-corrected chi connectivity index (χ0v) is 10.5. The van der Waals surface area contributed by atoms with Crippen LogP contribution in [0.4, 0.5) is 5.82 Å². The van der Waals surface area contributed by atoms with E-state index in [9.17, 15) is 4.79 Å². The van der Waals surface area contributed by atoms with Gasteiger partial charge in [-0.1, -0.05) is 0 Å². The molecule has 1 aliphatic heterocycles. The van der Waals surface area contributed by atoms with Crippen LogP contribution in [0.1, 0.15) is 23.0 Å². The summed E-state index contributed by atoms with van der Waals surface area (Å²) in [4.78, 5) is 16.4. The molecule has 1 fully saturated rings. The highest BCUT2D eigenvalue weighted by molar-refractivity contribution is 5.99.